The fourth-order valence-corrected chi connectivity index (χ4v) is 3.46. The standard InChI is InChI=1S/C21H17N3S/c1-15(18-13-7-11-16-8-5-6-12-19(16)18)23-24-21-22-20(14-25-21)17-9-3-2-4-10-17/h2-14H,1H3,(H,22,24)/b23-15+. The minimum atomic E-state index is 0.790. The first kappa shape index (κ1) is 15.5. The maximum absolute atomic E-state index is 4.61. The van der Waals surface area contributed by atoms with E-state index in [4.69, 9.17) is 0 Å². The van der Waals surface area contributed by atoms with Gasteiger partial charge in [0.25, 0.3) is 0 Å². The highest BCUT2D eigenvalue weighted by Crippen LogP contribution is 2.25. The van der Waals surface area contributed by atoms with Crippen LogP contribution in [0.1, 0.15) is 12.5 Å². The van der Waals surface area contributed by atoms with E-state index in [1.54, 1.807) is 11.3 Å². The van der Waals surface area contributed by atoms with Crippen LogP contribution in [0.3, 0.4) is 0 Å². The maximum atomic E-state index is 4.61. The van der Waals surface area contributed by atoms with Crippen LogP contribution in [0.2, 0.25) is 0 Å². The molecule has 0 aliphatic heterocycles. The number of hydrogen-bond donors (Lipinski definition) is 1. The molecule has 4 heteroatoms. The summed E-state index contributed by atoms with van der Waals surface area (Å²) in [5.74, 6) is 0. The first-order valence-corrected chi connectivity index (χ1v) is 8.98. The molecule has 25 heavy (non-hydrogen) atoms. The number of thiazole rings is 1. The van der Waals surface area contributed by atoms with Crippen LogP contribution in [0.5, 0.6) is 0 Å². The summed E-state index contributed by atoms with van der Waals surface area (Å²) in [7, 11) is 0. The highest BCUT2D eigenvalue weighted by atomic mass is 32.1. The van der Waals surface area contributed by atoms with E-state index in [1.807, 2.05) is 30.5 Å². The van der Waals surface area contributed by atoms with Crippen molar-refractivity contribution in [3.63, 3.8) is 0 Å². The van der Waals surface area contributed by atoms with Crippen molar-refractivity contribution in [1.29, 1.82) is 0 Å². The zero-order chi connectivity index (χ0) is 17.1. The van der Waals surface area contributed by atoms with Crippen molar-refractivity contribution in [2.24, 2.45) is 5.10 Å². The molecule has 1 N–H and O–H groups in total. The maximum Gasteiger partial charge on any atom is 0.203 e. The molecule has 0 saturated heterocycles. The second kappa shape index (κ2) is 6.87. The van der Waals surface area contributed by atoms with Crippen LogP contribution >= 0.6 is 11.3 Å². The lowest BCUT2D eigenvalue weighted by Gasteiger charge is -2.06. The van der Waals surface area contributed by atoms with Gasteiger partial charge in [0.2, 0.25) is 5.13 Å². The number of benzene rings is 3. The molecule has 0 amide bonds. The monoisotopic (exact) mass is 343 g/mol. The molecular formula is C21H17N3S. The number of anilines is 1. The normalized spacial score (nSPS) is 11.6. The van der Waals surface area contributed by atoms with Gasteiger partial charge in [-0.05, 0) is 17.7 Å². The summed E-state index contributed by atoms with van der Waals surface area (Å²) in [5, 5.41) is 9.79. The van der Waals surface area contributed by atoms with Crippen molar-refractivity contribution in [2.75, 3.05) is 5.43 Å². The Balaban J connectivity index is 1.58. The second-order valence-electron chi connectivity index (χ2n) is 5.74. The van der Waals surface area contributed by atoms with Gasteiger partial charge in [0.1, 0.15) is 0 Å². The molecular weight excluding hydrogens is 326 g/mol. The van der Waals surface area contributed by atoms with Gasteiger partial charge in [-0.25, -0.2) is 4.98 Å². The Morgan fingerprint density at radius 3 is 2.56 bits per heavy atom. The molecule has 1 aromatic heterocycles. The molecule has 0 aliphatic carbocycles. The average molecular weight is 343 g/mol. The molecule has 0 spiro atoms. The number of fused-ring (bicyclic) bond motifs is 1. The molecule has 0 fully saturated rings. The summed E-state index contributed by atoms with van der Waals surface area (Å²) in [4.78, 5) is 4.61. The predicted octanol–water partition coefficient (Wildman–Crippen LogP) is 5.80. The highest BCUT2D eigenvalue weighted by Gasteiger charge is 2.05. The van der Waals surface area contributed by atoms with E-state index in [0.29, 0.717) is 0 Å². The zero-order valence-electron chi connectivity index (χ0n) is 13.8. The summed E-state index contributed by atoms with van der Waals surface area (Å²) in [6.45, 7) is 2.01. The minimum Gasteiger partial charge on any atom is -0.252 e. The summed E-state index contributed by atoms with van der Waals surface area (Å²) >= 11 is 1.56. The number of aromatic nitrogens is 1. The van der Waals surface area contributed by atoms with Crippen LogP contribution in [-0.4, -0.2) is 10.7 Å². The topological polar surface area (TPSA) is 37.3 Å². The van der Waals surface area contributed by atoms with Crippen LogP contribution in [-0.2, 0) is 0 Å². The van der Waals surface area contributed by atoms with Gasteiger partial charge in [0.15, 0.2) is 0 Å². The van der Waals surface area contributed by atoms with E-state index >= 15 is 0 Å². The average Bonchev–Trinajstić information content (AvgIpc) is 3.15. The SMILES string of the molecule is C/C(=N\Nc1nc(-c2ccccc2)cs1)c1cccc2ccccc12. The second-order valence-corrected chi connectivity index (χ2v) is 6.60. The Hall–Kier alpha value is -2.98. The van der Waals surface area contributed by atoms with Gasteiger partial charge < -0.3 is 0 Å². The van der Waals surface area contributed by atoms with Gasteiger partial charge >= 0.3 is 0 Å². The molecule has 4 rings (SSSR count). The molecule has 0 unspecified atom stereocenters. The molecule has 4 aromatic rings. The lowest BCUT2D eigenvalue weighted by molar-refractivity contribution is 1.27. The van der Waals surface area contributed by atoms with Crippen LogP contribution in [0, 0.1) is 0 Å². The minimum absolute atomic E-state index is 0.790. The molecule has 0 saturated carbocycles. The Morgan fingerprint density at radius 2 is 1.68 bits per heavy atom. The molecule has 3 nitrogen and oxygen atoms in total. The fourth-order valence-electron chi connectivity index (χ4n) is 2.80. The third-order valence-electron chi connectivity index (χ3n) is 4.07. The predicted molar refractivity (Wildman–Crippen MR) is 107 cm³/mol. The third-order valence-corrected chi connectivity index (χ3v) is 4.82. The largest absolute Gasteiger partial charge is 0.252 e. The van der Waals surface area contributed by atoms with E-state index in [2.05, 4.69) is 70.1 Å². The molecule has 0 bridgehead atoms. The summed E-state index contributed by atoms with van der Waals surface area (Å²) < 4.78 is 0. The molecule has 0 atom stereocenters. The Labute approximate surface area is 150 Å². The third kappa shape index (κ3) is 3.30. The van der Waals surface area contributed by atoms with E-state index in [1.165, 1.54) is 10.8 Å². The van der Waals surface area contributed by atoms with Gasteiger partial charge in [0.05, 0.1) is 11.4 Å². The zero-order valence-corrected chi connectivity index (χ0v) is 14.6. The van der Waals surface area contributed by atoms with Crippen molar-refractivity contribution in [2.45, 2.75) is 6.92 Å². The number of nitrogens with zero attached hydrogens (tertiary/aromatic N) is 2. The van der Waals surface area contributed by atoms with E-state index in [9.17, 15) is 0 Å². The van der Waals surface area contributed by atoms with Crippen LogP contribution in [0.15, 0.2) is 83.3 Å². The van der Waals surface area contributed by atoms with Crippen molar-refractivity contribution in [3.8, 4) is 11.3 Å². The molecule has 1 heterocycles. The quantitative estimate of drug-likeness (QED) is 0.375. The van der Waals surface area contributed by atoms with Crippen molar-refractivity contribution >= 4 is 33.0 Å². The number of hydrazone groups is 1. The first-order valence-electron chi connectivity index (χ1n) is 8.10. The molecule has 0 radical (unpaired) electrons. The Bertz CT molecular complexity index is 1030. The van der Waals surface area contributed by atoms with Crippen LogP contribution in [0.25, 0.3) is 22.0 Å². The lowest BCUT2D eigenvalue weighted by atomic mass is 10.0. The molecule has 3 aromatic carbocycles. The van der Waals surface area contributed by atoms with Gasteiger partial charge in [-0.2, -0.15) is 5.10 Å². The summed E-state index contributed by atoms with van der Waals surface area (Å²) in [6.07, 6.45) is 0. The fraction of sp³-hybridized carbons (Fsp3) is 0.0476. The van der Waals surface area contributed by atoms with Gasteiger partial charge in [0, 0.05) is 16.5 Å². The lowest BCUT2D eigenvalue weighted by Crippen LogP contribution is -2.00. The van der Waals surface area contributed by atoms with Crippen molar-refractivity contribution in [1.82, 2.24) is 4.98 Å². The van der Waals surface area contributed by atoms with Crippen LogP contribution < -0.4 is 5.43 Å². The summed E-state index contributed by atoms with van der Waals surface area (Å²) in [6, 6.07) is 24.8. The number of rotatable bonds is 4. The van der Waals surface area contributed by atoms with E-state index in [0.717, 1.165) is 27.7 Å². The van der Waals surface area contributed by atoms with Crippen LogP contribution in [0.4, 0.5) is 5.13 Å². The van der Waals surface area contributed by atoms with E-state index in [-0.39, 0.29) is 0 Å². The van der Waals surface area contributed by atoms with Gasteiger partial charge in [-0.1, -0.05) is 72.8 Å². The van der Waals surface area contributed by atoms with Crippen molar-refractivity contribution < 1.29 is 0 Å². The smallest absolute Gasteiger partial charge is 0.203 e. The highest BCUT2D eigenvalue weighted by molar-refractivity contribution is 7.14. The molecule has 122 valence electrons. The first-order chi connectivity index (χ1) is 12.3. The van der Waals surface area contributed by atoms with Gasteiger partial charge in [-0.3, -0.25) is 5.43 Å². The Morgan fingerprint density at radius 1 is 0.920 bits per heavy atom. The summed E-state index contributed by atoms with van der Waals surface area (Å²) in [5.41, 5.74) is 7.24. The Kier molecular flexibility index (Phi) is 4.27. The molecule has 0 aliphatic rings. The number of nitrogens with one attached hydrogen (secondary N) is 1. The van der Waals surface area contributed by atoms with Crippen molar-refractivity contribution in [3.05, 3.63) is 83.7 Å². The van der Waals surface area contributed by atoms with E-state index < -0.39 is 0 Å². The van der Waals surface area contributed by atoms with Gasteiger partial charge in [-0.15, -0.1) is 11.3 Å². The number of hydrogen-bond acceptors (Lipinski definition) is 4.